The molecular weight excluding hydrogens is 150 g/mol. The molecule has 1 heterocycles. The summed E-state index contributed by atoms with van der Waals surface area (Å²) in [4.78, 5) is 0. The predicted molar refractivity (Wildman–Crippen MR) is 46.9 cm³/mol. The van der Waals surface area contributed by atoms with Crippen molar-refractivity contribution < 1.29 is 4.74 Å². The third-order valence-corrected chi connectivity index (χ3v) is 4.18. The van der Waals surface area contributed by atoms with Crippen molar-refractivity contribution in [3.05, 3.63) is 0 Å². The molecule has 3 fully saturated rings. The molecule has 0 aromatic rings. The summed E-state index contributed by atoms with van der Waals surface area (Å²) in [6, 6.07) is 0. The molecule has 0 aromatic carbocycles. The van der Waals surface area contributed by atoms with Gasteiger partial charge in [-0.15, -0.1) is 0 Å². The van der Waals surface area contributed by atoms with E-state index in [0.717, 1.165) is 11.8 Å². The second kappa shape index (κ2) is 2.05. The summed E-state index contributed by atoms with van der Waals surface area (Å²) in [5.41, 5.74) is 0.539. The van der Waals surface area contributed by atoms with Crippen molar-refractivity contribution in [2.75, 3.05) is 13.6 Å². The maximum atomic E-state index is 5.65. The lowest BCUT2D eigenvalue weighted by Gasteiger charge is -2.32. The Morgan fingerprint density at radius 3 is 2.92 bits per heavy atom. The van der Waals surface area contributed by atoms with Crippen LogP contribution in [0.2, 0.25) is 0 Å². The molecule has 1 N–H and O–H groups in total. The Bertz CT molecular complexity index is 218. The van der Waals surface area contributed by atoms with E-state index in [0.29, 0.717) is 17.6 Å². The monoisotopic (exact) mass is 167 g/mol. The normalized spacial score (nSPS) is 60.5. The SMILES string of the molecule is CNC[C@]1(C)C[C@@H]2C[C@@H]1[C@H]1O[C@@H]21. The summed E-state index contributed by atoms with van der Waals surface area (Å²) in [7, 11) is 2.06. The molecule has 12 heavy (non-hydrogen) atoms. The van der Waals surface area contributed by atoms with E-state index < -0.39 is 0 Å². The summed E-state index contributed by atoms with van der Waals surface area (Å²) in [5, 5.41) is 3.32. The van der Waals surface area contributed by atoms with Crippen molar-refractivity contribution in [2.24, 2.45) is 17.3 Å². The molecular formula is C10H17NO. The Kier molecular flexibility index (Phi) is 1.25. The fraction of sp³-hybridized carbons (Fsp3) is 1.00. The largest absolute Gasteiger partial charge is 0.369 e. The molecule has 2 bridgehead atoms. The molecule has 1 saturated heterocycles. The van der Waals surface area contributed by atoms with E-state index in [4.69, 9.17) is 4.74 Å². The van der Waals surface area contributed by atoms with Gasteiger partial charge in [0.2, 0.25) is 0 Å². The molecule has 68 valence electrons. The second-order valence-corrected chi connectivity index (χ2v) is 5.06. The smallest absolute Gasteiger partial charge is 0.0878 e. The van der Waals surface area contributed by atoms with Crippen molar-refractivity contribution in [1.29, 1.82) is 0 Å². The first-order valence-electron chi connectivity index (χ1n) is 5.05. The highest BCUT2D eigenvalue weighted by Crippen LogP contribution is 2.63. The molecule has 2 aliphatic carbocycles. The maximum absolute atomic E-state index is 5.65. The summed E-state index contributed by atoms with van der Waals surface area (Å²) in [6.07, 6.45) is 4.16. The second-order valence-electron chi connectivity index (χ2n) is 5.06. The van der Waals surface area contributed by atoms with Gasteiger partial charge in [-0.2, -0.15) is 0 Å². The lowest BCUT2D eigenvalue weighted by Crippen LogP contribution is -2.37. The fourth-order valence-corrected chi connectivity index (χ4v) is 3.67. The van der Waals surface area contributed by atoms with Gasteiger partial charge in [-0.1, -0.05) is 6.92 Å². The predicted octanol–water partition coefficient (Wildman–Crippen LogP) is 1.02. The molecule has 3 rings (SSSR count). The molecule has 5 atom stereocenters. The lowest BCUT2D eigenvalue weighted by molar-refractivity contribution is 0.179. The molecule has 2 nitrogen and oxygen atoms in total. The number of nitrogens with one attached hydrogen (secondary N) is 1. The van der Waals surface area contributed by atoms with Crippen LogP contribution in [0.5, 0.6) is 0 Å². The average molecular weight is 167 g/mol. The Morgan fingerprint density at radius 1 is 1.50 bits per heavy atom. The summed E-state index contributed by atoms with van der Waals surface area (Å²) in [5.74, 6) is 1.76. The van der Waals surface area contributed by atoms with Crippen LogP contribution in [0.25, 0.3) is 0 Å². The molecule has 0 radical (unpaired) electrons. The summed E-state index contributed by atoms with van der Waals surface area (Å²) >= 11 is 0. The molecule has 0 amide bonds. The van der Waals surface area contributed by atoms with Crippen LogP contribution in [0.4, 0.5) is 0 Å². The third-order valence-electron chi connectivity index (χ3n) is 4.18. The van der Waals surface area contributed by atoms with Crippen LogP contribution in [-0.2, 0) is 4.74 Å². The van der Waals surface area contributed by atoms with Crippen LogP contribution in [0.3, 0.4) is 0 Å². The minimum Gasteiger partial charge on any atom is -0.369 e. The Morgan fingerprint density at radius 2 is 2.33 bits per heavy atom. The van der Waals surface area contributed by atoms with E-state index in [9.17, 15) is 0 Å². The van der Waals surface area contributed by atoms with Crippen LogP contribution < -0.4 is 5.32 Å². The average Bonchev–Trinajstić information content (AvgIpc) is 2.65. The van der Waals surface area contributed by atoms with E-state index in [2.05, 4.69) is 19.3 Å². The molecule has 0 unspecified atom stereocenters. The zero-order valence-corrected chi connectivity index (χ0v) is 7.84. The molecule has 3 aliphatic rings. The Labute approximate surface area is 73.7 Å². The van der Waals surface area contributed by atoms with Crippen LogP contribution in [0.1, 0.15) is 19.8 Å². The van der Waals surface area contributed by atoms with E-state index in [1.165, 1.54) is 19.4 Å². The van der Waals surface area contributed by atoms with Crippen molar-refractivity contribution in [2.45, 2.75) is 32.0 Å². The van der Waals surface area contributed by atoms with E-state index in [1.807, 2.05) is 0 Å². The zero-order valence-electron chi connectivity index (χ0n) is 7.84. The highest BCUT2D eigenvalue weighted by Gasteiger charge is 2.66. The van der Waals surface area contributed by atoms with Gasteiger partial charge in [0.05, 0.1) is 12.2 Å². The van der Waals surface area contributed by atoms with Crippen LogP contribution in [-0.4, -0.2) is 25.8 Å². The van der Waals surface area contributed by atoms with Gasteiger partial charge in [0.25, 0.3) is 0 Å². The van der Waals surface area contributed by atoms with Crippen LogP contribution in [0, 0.1) is 17.3 Å². The first-order valence-corrected chi connectivity index (χ1v) is 5.05. The summed E-state index contributed by atoms with van der Waals surface area (Å²) in [6.45, 7) is 3.59. The van der Waals surface area contributed by atoms with E-state index in [-0.39, 0.29) is 0 Å². The molecule has 2 saturated carbocycles. The van der Waals surface area contributed by atoms with Gasteiger partial charge in [-0.05, 0) is 37.1 Å². The minimum atomic E-state index is 0.539. The maximum Gasteiger partial charge on any atom is 0.0878 e. The number of fused-ring (bicyclic) bond motifs is 5. The molecule has 2 heteroatoms. The number of hydrogen-bond donors (Lipinski definition) is 1. The van der Waals surface area contributed by atoms with Crippen molar-refractivity contribution in [3.8, 4) is 0 Å². The lowest BCUT2D eigenvalue weighted by atomic mass is 9.75. The van der Waals surface area contributed by atoms with Crippen molar-refractivity contribution in [3.63, 3.8) is 0 Å². The van der Waals surface area contributed by atoms with Crippen molar-refractivity contribution >= 4 is 0 Å². The van der Waals surface area contributed by atoms with Crippen LogP contribution >= 0.6 is 0 Å². The summed E-state index contributed by atoms with van der Waals surface area (Å²) < 4.78 is 5.65. The van der Waals surface area contributed by atoms with Crippen LogP contribution in [0.15, 0.2) is 0 Å². The number of ether oxygens (including phenoxy) is 1. The third kappa shape index (κ3) is 0.728. The van der Waals surface area contributed by atoms with Gasteiger partial charge in [-0.3, -0.25) is 0 Å². The molecule has 0 spiro atoms. The van der Waals surface area contributed by atoms with E-state index >= 15 is 0 Å². The van der Waals surface area contributed by atoms with Gasteiger partial charge >= 0.3 is 0 Å². The van der Waals surface area contributed by atoms with Gasteiger partial charge in [0.1, 0.15) is 0 Å². The quantitative estimate of drug-likeness (QED) is 0.621. The van der Waals surface area contributed by atoms with Gasteiger partial charge in [-0.25, -0.2) is 0 Å². The standard InChI is InChI=1S/C10H17NO/c1-10(5-11-2)4-6-3-7(10)9-8(6)12-9/h6-9,11H,3-5H2,1-2H3/t6-,7+,8-,9+,10-/m0/s1. The number of rotatable bonds is 2. The molecule has 1 aliphatic heterocycles. The van der Waals surface area contributed by atoms with Gasteiger partial charge in [0.15, 0.2) is 0 Å². The molecule has 0 aromatic heterocycles. The van der Waals surface area contributed by atoms with E-state index in [1.54, 1.807) is 0 Å². The number of epoxide rings is 1. The van der Waals surface area contributed by atoms with Crippen molar-refractivity contribution in [1.82, 2.24) is 5.32 Å². The number of hydrogen-bond acceptors (Lipinski definition) is 2. The highest BCUT2D eigenvalue weighted by atomic mass is 16.6. The topological polar surface area (TPSA) is 24.6 Å². The minimum absolute atomic E-state index is 0.539. The fourth-order valence-electron chi connectivity index (χ4n) is 3.67. The first kappa shape index (κ1) is 7.34. The van der Waals surface area contributed by atoms with Gasteiger partial charge in [0, 0.05) is 6.54 Å². The zero-order chi connectivity index (χ0) is 8.34. The Hall–Kier alpha value is -0.0800. The first-order chi connectivity index (χ1) is 5.74. The van der Waals surface area contributed by atoms with Gasteiger partial charge < -0.3 is 10.1 Å². The Balaban J connectivity index is 1.82. The highest BCUT2D eigenvalue weighted by molar-refractivity contribution is 5.14.